The lowest BCUT2D eigenvalue weighted by molar-refractivity contribution is 0.176. The van der Waals surface area contributed by atoms with Crippen LogP contribution >= 0.6 is 0 Å². The number of imidazole rings is 1. The molecule has 0 aliphatic carbocycles. The minimum atomic E-state index is -3.45. The molecule has 2 aromatic rings. The predicted octanol–water partition coefficient (Wildman–Crippen LogP) is 0.718. The smallest absolute Gasteiger partial charge is 0.180 e. The van der Waals surface area contributed by atoms with Crippen LogP contribution in [0.2, 0.25) is 0 Å². The molecule has 1 aromatic carbocycles. The van der Waals surface area contributed by atoms with Crippen LogP contribution in [0.1, 0.15) is 0 Å². The Morgan fingerprint density at radius 3 is 2.61 bits per heavy atom. The van der Waals surface area contributed by atoms with Gasteiger partial charge in [-0.25, -0.2) is 13.4 Å². The minimum Gasteiger partial charge on any atom is -0.390 e. The van der Waals surface area contributed by atoms with Gasteiger partial charge in [0.05, 0.1) is 29.6 Å². The van der Waals surface area contributed by atoms with Crippen LogP contribution in [0.3, 0.4) is 0 Å². The number of nitrogens with zero attached hydrogens (tertiary/aromatic N) is 2. The fraction of sp³-hybridized carbons (Fsp3) is 0.250. The molecule has 18 heavy (non-hydrogen) atoms. The first-order valence-corrected chi connectivity index (χ1v) is 7.15. The van der Waals surface area contributed by atoms with E-state index < -0.39 is 15.9 Å². The summed E-state index contributed by atoms with van der Waals surface area (Å²) >= 11 is 0. The Bertz CT molecular complexity index is 579. The van der Waals surface area contributed by atoms with E-state index in [1.54, 1.807) is 41.5 Å². The van der Waals surface area contributed by atoms with Gasteiger partial charge in [0.15, 0.2) is 9.84 Å². The monoisotopic (exact) mass is 266 g/mol. The zero-order valence-electron chi connectivity index (χ0n) is 9.68. The highest BCUT2D eigenvalue weighted by Gasteiger charge is 2.19. The summed E-state index contributed by atoms with van der Waals surface area (Å²) < 4.78 is 25.6. The molecule has 0 amide bonds. The highest BCUT2D eigenvalue weighted by atomic mass is 32.2. The van der Waals surface area contributed by atoms with Crippen molar-refractivity contribution in [2.24, 2.45) is 0 Å². The maximum atomic E-state index is 12.0. The number of benzene rings is 1. The summed E-state index contributed by atoms with van der Waals surface area (Å²) in [6.07, 6.45) is 3.85. The molecule has 0 radical (unpaired) electrons. The molecule has 5 nitrogen and oxygen atoms in total. The molecule has 1 atom stereocenters. The molecule has 1 aromatic heterocycles. The number of rotatable bonds is 5. The fourth-order valence-corrected chi connectivity index (χ4v) is 3.04. The number of hydrogen-bond donors (Lipinski definition) is 1. The molecule has 0 aliphatic rings. The fourth-order valence-electron chi connectivity index (χ4n) is 1.67. The third-order valence-electron chi connectivity index (χ3n) is 2.49. The lowest BCUT2D eigenvalue weighted by Gasteiger charge is -2.11. The van der Waals surface area contributed by atoms with Gasteiger partial charge >= 0.3 is 0 Å². The molecule has 0 aliphatic heterocycles. The maximum absolute atomic E-state index is 12.0. The van der Waals surface area contributed by atoms with Crippen LogP contribution in [-0.4, -0.2) is 34.9 Å². The number of aliphatic hydroxyl groups is 1. The molecule has 0 saturated heterocycles. The summed E-state index contributed by atoms with van der Waals surface area (Å²) in [7, 11) is -3.45. The van der Waals surface area contributed by atoms with E-state index in [2.05, 4.69) is 4.98 Å². The molecule has 0 saturated carbocycles. The summed E-state index contributed by atoms with van der Waals surface area (Å²) in [4.78, 5) is 4.06. The first kappa shape index (κ1) is 12.8. The van der Waals surface area contributed by atoms with Crippen LogP contribution < -0.4 is 0 Å². The molecule has 0 spiro atoms. The summed E-state index contributed by atoms with van der Waals surface area (Å²) in [6, 6.07) is 8.13. The zero-order valence-corrected chi connectivity index (χ0v) is 10.5. The van der Waals surface area contributed by atoms with Gasteiger partial charge in [-0.3, -0.25) is 0 Å². The van der Waals surface area contributed by atoms with Crippen molar-refractivity contribution in [3.8, 4) is 0 Å². The molecular formula is C12H14N2O3S. The number of hydrogen-bond acceptors (Lipinski definition) is 4. The summed E-state index contributed by atoms with van der Waals surface area (Å²) in [5, 5.41) is 9.79. The van der Waals surface area contributed by atoms with Gasteiger partial charge in [-0.15, -0.1) is 0 Å². The van der Waals surface area contributed by atoms with Crippen molar-refractivity contribution in [3.05, 3.63) is 49.1 Å². The van der Waals surface area contributed by atoms with Gasteiger partial charge in [-0.2, -0.15) is 0 Å². The highest BCUT2D eigenvalue weighted by Crippen LogP contribution is 2.11. The van der Waals surface area contributed by atoms with Gasteiger partial charge in [0, 0.05) is 12.4 Å². The molecular weight excluding hydrogens is 252 g/mol. The van der Waals surface area contributed by atoms with Crippen LogP contribution in [0.4, 0.5) is 0 Å². The highest BCUT2D eigenvalue weighted by molar-refractivity contribution is 7.91. The van der Waals surface area contributed by atoms with Gasteiger partial charge in [-0.1, -0.05) is 18.2 Å². The molecule has 2 rings (SSSR count). The maximum Gasteiger partial charge on any atom is 0.180 e. The normalized spacial score (nSPS) is 13.4. The molecule has 1 unspecified atom stereocenters. The van der Waals surface area contributed by atoms with Crippen LogP contribution in [0.25, 0.3) is 0 Å². The van der Waals surface area contributed by atoms with E-state index in [-0.39, 0.29) is 17.2 Å². The first-order valence-electron chi connectivity index (χ1n) is 5.49. The predicted molar refractivity (Wildman–Crippen MR) is 66.7 cm³/mol. The average molecular weight is 266 g/mol. The van der Waals surface area contributed by atoms with Crippen LogP contribution in [0.15, 0.2) is 53.9 Å². The number of aliphatic hydroxyl groups excluding tert-OH is 1. The Labute approximate surface area is 106 Å². The van der Waals surface area contributed by atoms with Crippen molar-refractivity contribution < 1.29 is 13.5 Å². The Hall–Kier alpha value is -1.66. The van der Waals surface area contributed by atoms with Crippen molar-refractivity contribution in [2.75, 3.05) is 5.75 Å². The largest absolute Gasteiger partial charge is 0.390 e. The van der Waals surface area contributed by atoms with E-state index in [9.17, 15) is 13.5 Å². The second kappa shape index (κ2) is 5.32. The van der Waals surface area contributed by atoms with Gasteiger partial charge in [0.25, 0.3) is 0 Å². The van der Waals surface area contributed by atoms with E-state index in [0.717, 1.165) is 0 Å². The second-order valence-corrected chi connectivity index (χ2v) is 6.04. The van der Waals surface area contributed by atoms with Crippen LogP contribution in [0.5, 0.6) is 0 Å². The van der Waals surface area contributed by atoms with Crippen LogP contribution in [0, 0.1) is 0 Å². The quantitative estimate of drug-likeness (QED) is 0.865. The Kier molecular flexibility index (Phi) is 3.78. The molecule has 0 fully saturated rings. The third-order valence-corrected chi connectivity index (χ3v) is 4.31. The molecule has 0 bridgehead atoms. The Morgan fingerprint density at radius 2 is 2.00 bits per heavy atom. The molecule has 96 valence electrons. The van der Waals surface area contributed by atoms with Crippen molar-refractivity contribution in [1.29, 1.82) is 0 Å². The lowest BCUT2D eigenvalue weighted by Crippen LogP contribution is -2.25. The van der Waals surface area contributed by atoms with Crippen molar-refractivity contribution in [2.45, 2.75) is 17.5 Å². The van der Waals surface area contributed by atoms with Crippen molar-refractivity contribution >= 4 is 9.84 Å². The van der Waals surface area contributed by atoms with Gasteiger partial charge in [0.1, 0.15) is 0 Å². The van der Waals surface area contributed by atoms with E-state index in [4.69, 9.17) is 0 Å². The third kappa shape index (κ3) is 3.18. The topological polar surface area (TPSA) is 72.2 Å². The number of aromatic nitrogens is 2. The Balaban J connectivity index is 2.05. The summed E-state index contributed by atoms with van der Waals surface area (Å²) in [5.41, 5.74) is 0. The van der Waals surface area contributed by atoms with E-state index in [0.29, 0.717) is 0 Å². The van der Waals surface area contributed by atoms with Crippen LogP contribution in [-0.2, 0) is 16.4 Å². The van der Waals surface area contributed by atoms with Gasteiger partial charge in [0.2, 0.25) is 0 Å². The molecule has 1 heterocycles. The van der Waals surface area contributed by atoms with E-state index in [1.165, 1.54) is 12.1 Å². The van der Waals surface area contributed by atoms with Crippen molar-refractivity contribution in [3.63, 3.8) is 0 Å². The van der Waals surface area contributed by atoms with E-state index >= 15 is 0 Å². The standard InChI is InChI=1S/C12H14N2O3S/c15-11(8-14-7-6-13-10-14)9-18(16,17)12-4-2-1-3-5-12/h1-7,10-11,15H,8-9H2. The molecule has 1 N–H and O–H groups in total. The number of sulfone groups is 1. The van der Waals surface area contributed by atoms with Gasteiger partial charge < -0.3 is 9.67 Å². The lowest BCUT2D eigenvalue weighted by atomic mass is 10.4. The van der Waals surface area contributed by atoms with Crippen molar-refractivity contribution in [1.82, 2.24) is 9.55 Å². The zero-order chi connectivity index (χ0) is 13.0. The first-order chi connectivity index (χ1) is 8.58. The summed E-state index contributed by atoms with van der Waals surface area (Å²) in [6.45, 7) is 0.214. The second-order valence-electron chi connectivity index (χ2n) is 4.01. The van der Waals surface area contributed by atoms with E-state index in [1.807, 2.05) is 0 Å². The van der Waals surface area contributed by atoms with Gasteiger partial charge in [-0.05, 0) is 12.1 Å². The average Bonchev–Trinajstić information content (AvgIpc) is 2.82. The summed E-state index contributed by atoms with van der Waals surface area (Å²) in [5.74, 6) is -0.296. The molecule has 6 heteroatoms. The minimum absolute atomic E-state index is 0.214. The Morgan fingerprint density at radius 1 is 1.28 bits per heavy atom. The SMILES string of the molecule is O=S(=O)(CC(O)Cn1ccnc1)c1ccccc1.